The van der Waals surface area contributed by atoms with Crippen LogP contribution in [0.25, 0.3) is 0 Å². The number of alkyl halides is 2. The molecule has 2 saturated heterocycles. The molecule has 57 heavy (non-hydrogen) atoms. The molecule has 316 valence electrons. The summed E-state index contributed by atoms with van der Waals surface area (Å²) in [5.74, 6) is -5.34. The Hall–Kier alpha value is -3.73. The van der Waals surface area contributed by atoms with E-state index in [1.165, 1.54) is 35.2 Å². The standard InChI is InChI=1S/C20H26F3NO4S.C20H26FNO5S/c1-18(2,3)28-17(25)24-9-7-14(8-10-24)19(12-20(22,23)13-19)29(26,27)16-6-4-5-15(21)11-16;1-19(2,3)27-18(24)22-9-7-14(8-10-22)20(12-16(23)13-20)28(25,26)17-6-4-5-15(21)11-17/h4-6,11,14H,7-10,12-13H2,1-3H3;4-6,11,14H,7-10,12-13H2,1-3H3. The molecule has 4 fully saturated rings. The number of halogens is 4. The van der Waals surface area contributed by atoms with E-state index in [9.17, 15) is 48.8 Å². The number of piperidine rings is 2. The summed E-state index contributed by atoms with van der Waals surface area (Å²) >= 11 is 0. The fourth-order valence-corrected chi connectivity index (χ4v) is 13.2. The summed E-state index contributed by atoms with van der Waals surface area (Å²) in [6.07, 6.45) is -1.14. The summed E-state index contributed by atoms with van der Waals surface area (Å²) in [6, 6.07) is 9.43. The van der Waals surface area contributed by atoms with E-state index in [1.807, 2.05) is 0 Å². The highest BCUT2D eigenvalue weighted by atomic mass is 32.2. The van der Waals surface area contributed by atoms with Gasteiger partial charge in [0.05, 0.1) is 19.3 Å². The van der Waals surface area contributed by atoms with Crippen molar-refractivity contribution in [3.63, 3.8) is 0 Å². The Labute approximate surface area is 332 Å². The van der Waals surface area contributed by atoms with E-state index >= 15 is 0 Å². The minimum Gasteiger partial charge on any atom is -0.444 e. The molecule has 6 rings (SSSR count). The lowest BCUT2D eigenvalue weighted by atomic mass is 9.68. The molecular formula is C40H52F4N2O9S2. The molecule has 0 atom stereocenters. The van der Waals surface area contributed by atoms with Crippen molar-refractivity contribution in [2.45, 2.75) is 129 Å². The molecule has 4 aliphatic rings. The Kier molecular flexibility index (Phi) is 12.3. The normalized spacial score (nSPS) is 21.3. The third-order valence-electron chi connectivity index (χ3n) is 11.2. The quantitative estimate of drug-likeness (QED) is 0.267. The van der Waals surface area contributed by atoms with Crippen LogP contribution in [0.4, 0.5) is 27.2 Å². The van der Waals surface area contributed by atoms with Crippen molar-refractivity contribution in [1.82, 2.24) is 9.80 Å². The first kappa shape index (κ1) is 44.4. The molecule has 2 amide bonds. The first-order valence-electron chi connectivity index (χ1n) is 19.1. The maximum absolute atomic E-state index is 13.9. The maximum Gasteiger partial charge on any atom is 0.410 e. The molecule has 0 spiro atoms. The van der Waals surface area contributed by atoms with E-state index in [-0.39, 0.29) is 60.3 Å². The molecule has 0 N–H and O–H groups in total. The number of ketones is 1. The molecule has 0 bridgehead atoms. The van der Waals surface area contributed by atoms with E-state index < -0.39 is 88.9 Å². The van der Waals surface area contributed by atoms with Crippen LogP contribution in [0.3, 0.4) is 0 Å². The molecule has 0 aromatic heterocycles. The van der Waals surface area contributed by atoms with E-state index in [2.05, 4.69) is 0 Å². The SMILES string of the molecule is CC(C)(C)OC(=O)N1CCC(C2(S(=O)(=O)c3cccc(F)c3)CC(=O)C2)CC1.CC(C)(C)OC(=O)N1CCC(C2(S(=O)(=O)c3cccc(F)c3)CC(F)(F)C2)CC1. The predicted octanol–water partition coefficient (Wildman–Crippen LogP) is 7.76. The molecular weight excluding hydrogens is 793 g/mol. The van der Waals surface area contributed by atoms with Crippen LogP contribution in [0.1, 0.15) is 92.9 Å². The Balaban J connectivity index is 0.000000218. The van der Waals surface area contributed by atoms with Gasteiger partial charge in [-0.1, -0.05) is 12.1 Å². The van der Waals surface area contributed by atoms with Crippen molar-refractivity contribution in [3.8, 4) is 0 Å². The second-order valence-corrected chi connectivity index (χ2v) is 22.2. The molecule has 2 aromatic carbocycles. The van der Waals surface area contributed by atoms with Crippen molar-refractivity contribution in [2.24, 2.45) is 11.8 Å². The number of ether oxygens (including phenoxy) is 2. The summed E-state index contributed by atoms with van der Waals surface area (Å²) in [6.45, 7) is 11.8. The van der Waals surface area contributed by atoms with E-state index in [4.69, 9.17) is 9.47 Å². The lowest BCUT2D eigenvalue weighted by Crippen LogP contribution is -2.62. The van der Waals surface area contributed by atoms with Gasteiger partial charge in [-0.2, -0.15) is 0 Å². The van der Waals surface area contributed by atoms with Gasteiger partial charge in [0.1, 0.15) is 28.6 Å². The van der Waals surface area contributed by atoms with Crippen LogP contribution in [0.15, 0.2) is 58.3 Å². The van der Waals surface area contributed by atoms with Gasteiger partial charge in [0.15, 0.2) is 19.7 Å². The van der Waals surface area contributed by atoms with Crippen molar-refractivity contribution >= 4 is 37.6 Å². The van der Waals surface area contributed by atoms with Crippen molar-refractivity contribution in [3.05, 3.63) is 60.2 Å². The number of hydrogen-bond donors (Lipinski definition) is 0. The van der Waals surface area contributed by atoms with Crippen molar-refractivity contribution in [2.75, 3.05) is 26.2 Å². The second kappa shape index (κ2) is 15.8. The first-order valence-corrected chi connectivity index (χ1v) is 22.0. The van der Waals surface area contributed by atoms with Crippen LogP contribution in [0.5, 0.6) is 0 Å². The molecule has 2 saturated carbocycles. The smallest absolute Gasteiger partial charge is 0.410 e. The molecule has 17 heteroatoms. The highest BCUT2D eigenvalue weighted by Gasteiger charge is 2.67. The van der Waals surface area contributed by atoms with Gasteiger partial charge in [-0.25, -0.2) is 44.0 Å². The zero-order valence-electron chi connectivity index (χ0n) is 33.2. The number of hydrogen-bond acceptors (Lipinski definition) is 9. The van der Waals surface area contributed by atoms with Crippen LogP contribution in [-0.4, -0.2) is 97.4 Å². The van der Waals surface area contributed by atoms with Crippen LogP contribution < -0.4 is 0 Å². The lowest BCUT2D eigenvalue weighted by Gasteiger charge is -2.52. The fraction of sp³-hybridized carbons (Fsp3) is 0.625. The predicted molar refractivity (Wildman–Crippen MR) is 202 cm³/mol. The minimum absolute atomic E-state index is 0.0526. The minimum atomic E-state index is -4.18. The first-order chi connectivity index (χ1) is 26.2. The largest absolute Gasteiger partial charge is 0.444 e. The topological polar surface area (TPSA) is 144 Å². The molecule has 11 nitrogen and oxygen atoms in total. The van der Waals surface area contributed by atoms with Gasteiger partial charge in [-0.05, 0) is 115 Å². The van der Waals surface area contributed by atoms with Gasteiger partial charge in [0.25, 0.3) is 5.92 Å². The molecule has 2 aliphatic carbocycles. The van der Waals surface area contributed by atoms with E-state index in [0.29, 0.717) is 25.9 Å². The van der Waals surface area contributed by atoms with E-state index in [0.717, 1.165) is 18.2 Å². The van der Waals surface area contributed by atoms with Gasteiger partial charge in [0.2, 0.25) is 0 Å². The number of sulfone groups is 2. The van der Waals surface area contributed by atoms with Crippen molar-refractivity contribution in [1.29, 1.82) is 0 Å². The van der Waals surface area contributed by atoms with Gasteiger partial charge >= 0.3 is 12.2 Å². The van der Waals surface area contributed by atoms with Gasteiger partial charge in [0, 0.05) is 51.9 Å². The Morgan fingerprint density at radius 3 is 1.32 bits per heavy atom. The summed E-state index contributed by atoms with van der Waals surface area (Å²) < 4.78 is 116. The Morgan fingerprint density at radius 1 is 0.649 bits per heavy atom. The number of Topliss-reactive ketones (excluding diaryl/α,β-unsaturated/α-hetero) is 1. The third kappa shape index (κ3) is 9.44. The third-order valence-corrected chi connectivity index (χ3v) is 16.3. The number of nitrogens with zero attached hydrogens (tertiary/aromatic N) is 2. The van der Waals surface area contributed by atoms with Gasteiger partial charge in [-0.15, -0.1) is 0 Å². The van der Waals surface area contributed by atoms with Crippen LogP contribution in [-0.2, 0) is 33.9 Å². The van der Waals surface area contributed by atoms with Crippen molar-refractivity contribution < 1.29 is 58.3 Å². The Bertz CT molecular complexity index is 2050. The molecule has 2 aromatic rings. The summed E-state index contributed by atoms with van der Waals surface area (Å²) in [5, 5.41) is 0. The van der Waals surface area contributed by atoms with Crippen LogP contribution in [0, 0.1) is 23.5 Å². The highest BCUT2D eigenvalue weighted by Crippen LogP contribution is 2.58. The molecule has 0 unspecified atom stereocenters. The summed E-state index contributed by atoms with van der Waals surface area (Å²) in [7, 11) is -8.06. The zero-order valence-corrected chi connectivity index (χ0v) is 34.8. The Morgan fingerprint density at radius 2 is 1.00 bits per heavy atom. The fourth-order valence-electron chi connectivity index (χ4n) is 8.40. The number of carbonyl (C=O) groups excluding carboxylic acids is 3. The number of amides is 2. The number of carbonyl (C=O) groups is 3. The maximum atomic E-state index is 13.9. The number of likely N-dealkylation sites (tertiary alicyclic amines) is 2. The summed E-state index contributed by atoms with van der Waals surface area (Å²) in [4.78, 5) is 39.0. The molecule has 2 aliphatic heterocycles. The average molecular weight is 845 g/mol. The van der Waals surface area contributed by atoms with Crippen LogP contribution >= 0.6 is 0 Å². The zero-order chi connectivity index (χ0) is 42.4. The number of rotatable bonds is 6. The highest BCUT2D eigenvalue weighted by molar-refractivity contribution is 7.93. The second-order valence-electron chi connectivity index (χ2n) is 17.6. The lowest BCUT2D eigenvalue weighted by molar-refractivity contribution is -0.127. The monoisotopic (exact) mass is 844 g/mol. The van der Waals surface area contributed by atoms with E-state index in [1.54, 1.807) is 46.4 Å². The number of benzene rings is 2. The van der Waals surface area contributed by atoms with Gasteiger partial charge in [-0.3, -0.25) is 4.79 Å². The van der Waals surface area contributed by atoms with Crippen LogP contribution in [0.2, 0.25) is 0 Å². The molecule has 2 heterocycles. The van der Waals surface area contributed by atoms with Gasteiger partial charge < -0.3 is 19.3 Å². The molecule has 0 radical (unpaired) electrons. The average Bonchev–Trinajstić information content (AvgIpc) is 3.08. The summed E-state index contributed by atoms with van der Waals surface area (Å²) in [5.41, 5.74) is -1.26.